The lowest BCUT2D eigenvalue weighted by Gasteiger charge is -2.09. The second-order valence-corrected chi connectivity index (χ2v) is 5.01. The minimum Gasteiger partial charge on any atom is -0.378 e. The fraction of sp³-hybridized carbons (Fsp3) is 0.600. The van der Waals surface area contributed by atoms with Crippen LogP contribution in [0, 0.1) is 0 Å². The van der Waals surface area contributed by atoms with Gasteiger partial charge in [0.05, 0.1) is 12.5 Å². The Bertz CT molecular complexity index is 375. The highest BCUT2D eigenvalue weighted by Crippen LogP contribution is 2.17. The largest absolute Gasteiger partial charge is 0.378 e. The summed E-state index contributed by atoms with van der Waals surface area (Å²) < 4.78 is 5.57. The number of amides is 1. The van der Waals surface area contributed by atoms with Crippen LogP contribution in [0.4, 0.5) is 0 Å². The Morgan fingerprint density at radius 1 is 1.37 bits per heavy atom. The topological polar surface area (TPSA) is 51.2 Å². The van der Waals surface area contributed by atoms with Crippen LogP contribution in [0.2, 0.25) is 0 Å². The van der Waals surface area contributed by atoms with Crippen molar-refractivity contribution < 1.29 is 9.53 Å². The Morgan fingerprint density at radius 3 is 2.95 bits per heavy atom. The van der Waals surface area contributed by atoms with Crippen LogP contribution >= 0.6 is 0 Å². The van der Waals surface area contributed by atoms with Gasteiger partial charge in [0.1, 0.15) is 0 Å². The molecule has 0 aliphatic carbocycles. The van der Waals surface area contributed by atoms with Gasteiger partial charge in [-0.25, -0.2) is 0 Å². The third kappa shape index (κ3) is 5.39. The van der Waals surface area contributed by atoms with Crippen molar-refractivity contribution in [2.45, 2.75) is 44.6 Å². The number of nitrogens with zero attached hydrogens (tertiary/aromatic N) is 1. The first kappa shape index (κ1) is 14.0. The monoisotopic (exact) mass is 262 g/mol. The van der Waals surface area contributed by atoms with Crippen molar-refractivity contribution >= 4 is 5.91 Å². The second-order valence-electron chi connectivity index (χ2n) is 5.01. The molecule has 2 rings (SSSR count). The van der Waals surface area contributed by atoms with E-state index in [1.54, 1.807) is 12.4 Å². The first-order valence-electron chi connectivity index (χ1n) is 7.12. The number of hydrogen-bond acceptors (Lipinski definition) is 3. The maximum Gasteiger partial charge on any atom is 0.224 e. The molecule has 1 aromatic rings. The van der Waals surface area contributed by atoms with E-state index in [1.807, 2.05) is 12.1 Å². The molecule has 1 saturated heterocycles. The van der Waals surface area contributed by atoms with Gasteiger partial charge in [-0.15, -0.1) is 0 Å². The summed E-state index contributed by atoms with van der Waals surface area (Å²) in [6, 6.07) is 3.74. The molecule has 1 N–H and O–H groups in total. The molecule has 2 heterocycles. The maximum absolute atomic E-state index is 11.7. The second kappa shape index (κ2) is 7.89. The predicted octanol–water partition coefficient (Wildman–Crippen LogP) is 2.09. The number of nitrogens with one attached hydrogen (secondary N) is 1. The molecule has 1 aliphatic heterocycles. The normalized spacial score (nSPS) is 18.4. The average Bonchev–Trinajstić information content (AvgIpc) is 2.92. The lowest BCUT2D eigenvalue weighted by Crippen LogP contribution is -2.26. The van der Waals surface area contributed by atoms with Crippen LogP contribution in [-0.4, -0.2) is 30.1 Å². The summed E-state index contributed by atoms with van der Waals surface area (Å²) in [5.74, 6) is 0.0864. The lowest BCUT2D eigenvalue weighted by molar-refractivity contribution is -0.120. The fourth-order valence-corrected chi connectivity index (χ4v) is 2.35. The zero-order chi connectivity index (χ0) is 13.3. The van der Waals surface area contributed by atoms with Gasteiger partial charge in [0.2, 0.25) is 5.91 Å². The van der Waals surface area contributed by atoms with Crippen molar-refractivity contribution in [1.82, 2.24) is 10.3 Å². The van der Waals surface area contributed by atoms with Gasteiger partial charge in [-0.1, -0.05) is 0 Å². The van der Waals surface area contributed by atoms with Crippen LogP contribution in [0.25, 0.3) is 0 Å². The van der Waals surface area contributed by atoms with E-state index in [4.69, 9.17) is 4.74 Å². The van der Waals surface area contributed by atoms with E-state index in [0.717, 1.165) is 38.0 Å². The molecule has 1 fully saturated rings. The minimum absolute atomic E-state index is 0.0864. The third-order valence-electron chi connectivity index (χ3n) is 3.41. The summed E-state index contributed by atoms with van der Waals surface area (Å²) >= 11 is 0. The standard InChI is InChI=1S/C15H22N2O2/c18-15(12-13-6-9-16-10-7-13)17-8-2-1-4-14-5-3-11-19-14/h6-7,9-10,14H,1-5,8,11-12H2,(H,17,18)/t14-/m0/s1. The number of carbonyl (C=O) groups is 1. The summed E-state index contributed by atoms with van der Waals surface area (Å²) in [6.07, 6.45) is 10.0. The summed E-state index contributed by atoms with van der Waals surface area (Å²) in [5.41, 5.74) is 1.01. The van der Waals surface area contributed by atoms with Crippen molar-refractivity contribution in [3.05, 3.63) is 30.1 Å². The van der Waals surface area contributed by atoms with Crippen LogP contribution < -0.4 is 5.32 Å². The SMILES string of the molecule is O=C(Cc1ccncc1)NCCCC[C@H]1CCCO1. The fourth-order valence-electron chi connectivity index (χ4n) is 2.35. The molecule has 0 spiro atoms. The Morgan fingerprint density at radius 2 is 2.21 bits per heavy atom. The molecule has 1 aliphatic rings. The van der Waals surface area contributed by atoms with Gasteiger partial charge in [0.25, 0.3) is 0 Å². The van der Waals surface area contributed by atoms with Gasteiger partial charge in [-0.3, -0.25) is 9.78 Å². The molecule has 19 heavy (non-hydrogen) atoms. The van der Waals surface area contributed by atoms with Crippen LogP contribution in [-0.2, 0) is 16.0 Å². The van der Waals surface area contributed by atoms with E-state index in [1.165, 1.54) is 12.8 Å². The summed E-state index contributed by atoms with van der Waals surface area (Å²) in [6.45, 7) is 1.68. The van der Waals surface area contributed by atoms with E-state index in [9.17, 15) is 4.79 Å². The molecule has 4 heteroatoms. The molecule has 0 aromatic carbocycles. The molecule has 0 unspecified atom stereocenters. The van der Waals surface area contributed by atoms with Crippen molar-refractivity contribution in [2.75, 3.05) is 13.2 Å². The molecule has 0 bridgehead atoms. The molecular weight excluding hydrogens is 240 g/mol. The quantitative estimate of drug-likeness (QED) is 0.765. The van der Waals surface area contributed by atoms with Gasteiger partial charge < -0.3 is 10.1 Å². The first-order valence-corrected chi connectivity index (χ1v) is 7.12. The Kier molecular flexibility index (Phi) is 5.82. The Labute approximate surface area is 114 Å². The van der Waals surface area contributed by atoms with Crippen LogP contribution in [0.3, 0.4) is 0 Å². The molecule has 1 atom stereocenters. The van der Waals surface area contributed by atoms with Gasteiger partial charge in [-0.05, 0) is 49.8 Å². The van der Waals surface area contributed by atoms with Gasteiger partial charge >= 0.3 is 0 Å². The van der Waals surface area contributed by atoms with Crippen molar-refractivity contribution in [3.63, 3.8) is 0 Å². The van der Waals surface area contributed by atoms with E-state index < -0.39 is 0 Å². The molecular formula is C15H22N2O2. The molecule has 4 nitrogen and oxygen atoms in total. The summed E-state index contributed by atoms with van der Waals surface area (Å²) in [7, 11) is 0. The predicted molar refractivity (Wildman–Crippen MR) is 73.8 cm³/mol. The van der Waals surface area contributed by atoms with Gasteiger partial charge in [0.15, 0.2) is 0 Å². The zero-order valence-electron chi connectivity index (χ0n) is 11.3. The van der Waals surface area contributed by atoms with Gasteiger partial charge in [0, 0.05) is 25.5 Å². The number of ether oxygens (including phenoxy) is 1. The number of pyridine rings is 1. The third-order valence-corrected chi connectivity index (χ3v) is 3.41. The van der Waals surface area contributed by atoms with E-state index in [0.29, 0.717) is 12.5 Å². The number of unbranched alkanes of at least 4 members (excludes halogenated alkanes) is 1. The number of hydrogen-bond donors (Lipinski definition) is 1. The van der Waals surface area contributed by atoms with E-state index in [-0.39, 0.29) is 5.91 Å². The van der Waals surface area contributed by atoms with Crippen LogP contribution in [0.5, 0.6) is 0 Å². The summed E-state index contributed by atoms with van der Waals surface area (Å²) in [4.78, 5) is 15.6. The van der Waals surface area contributed by atoms with Crippen molar-refractivity contribution in [3.8, 4) is 0 Å². The van der Waals surface area contributed by atoms with E-state index >= 15 is 0 Å². The molecule has 0 saturated carbocycles. The molecule has 104 valence electrons. The molecule has 1 amide bonds. The number of rotatable bonds is 7. The Hall–Kier alpha value is -1.42. The lowest BCUT2D eigenvalue weighted by atomic mass is 10.1. The van der Waals surface area contributed by atoms with E-state index in [2.05, 4.69) is 10.3 Å². The average molecular weight is 262 g/mol. The highest BCUT2D eigenvalue weighted by atomic mass is 16.5. The highest BCUT2D eigenvalue weighted by Gasteiger charge is 2.14. The van der Waals surface area contributed by atoms with Crippen molar-refractivity contribution in [1.29, 1.82) is 0 Å². The van der Waals surface area contributed by atoms with Crippen molar-refractivity contribution in [2.24, 2.45) is 0 Å². The minimum atomic E-state index is 0.0864. The first-order chi connectivity index (χ1) is 9.34. The van der Waals surface area contributed by atoms with Crippen LogP contribution in [0.1, 0.15) is 37.7 Å². The Balaban J connectivity index is 1.51. The van der Waals surface area contributed by atoms with Crippen LogP contribution in [0.15, 0.2) is 24.5 Å². The number of aromatic nitrogens is 1. The summed E-state index contributed by atoms with van der Waals surface area (Å²) in [5, 5.41) is 2.96. The van der Waals surface area contributed by atoms with Gasteiger partial charge in [-0.2, -0.15) is 0 Å². The smallest absolute Gasteiger partial charge is 0.224 e. The zero-order valence-corrected chi connectivity index (χ0v) is 11.3. The number of carbonyl (C=O) groups excluding carboxylic acids is 1. The molecule has 0 radical (unpaired) electrons. The highest BCUT2D eigenvalue weighted by molar-refractivity contribution is 5.78. The molecule has 1 aromatic heterocycles. The maximum atomic E-state index is 11.7.